The van der Waals surface area contributed by atoms with Gasteiger partial charge < -0.3 is 14.6 Å². The molecule has 2 amide bonds. The second kappa shape index (κ2) is 7.85. The molecule has 1 aromatic carbocycles. The fraction of sp³-hybridized carbons (Fsp3) is 0.368. The van der Waals surface area contributed by atoms with Crippen molar-refractivity contribution in [2.45, 2.75) is 31.5 Å². The molecule has 8 heteroatoms. The van der Waals surface area contributed by atoms with E-state index in [0.29, 0.717) is 25.9 Å². The van der Waals surface area contributed by atoms with Gasteiger partial charge in [-0.1, -0.05) is 18.2 Å². The van der Waals surface area contributed by atoms with Crippen molar-refractivity contribution in [3.63, 3.8) is 0 Å². The van der Waals surface area contributed by atoms with Crippen molar-refractivity contribution < 1.29 is 27.2 Å². The minimum atomic E-state index is -4.51. The number of carbonyl (C=O) groups is 2. The summed E-state index contributed by atoms with van der Waals surface area (Å²) in [5, 5.41) is 2.75. The molecule has 3 rings (SSSR count). The van der Waals surface area contributed by atoms with Crippen molar-refractivity contribution in [1.29, 1.82) is 0 Å². The highest BCUT2D eigenvalue weighted by Gasteiger charge is 2.33. The first-order valence-corrected chi connectivity index (χ1v) is 8.62. The molecule has 0 aliphatic carbocycles. The molecule has 5 nitrogen and oxygen atoms in total. The number of hydrogen-bond acceptors (Lipinski definition) is 3. The fourth-order valence-electron chi connectivity index (χ4n) is 3.24. The molecule has 1 aliphatic rings. The van der Waals surface area contributed by atoms with Crippen LogP contribution in [0.15, 0.2) is 47.1 Å². The van der Waals surface area contributed by atoms with Crippen LogP contribution in [0.4, 0.5) is 13.2 Å². The van der Waals surface area contributed by atoms with Gasteiger partial charge in [-0.15, -0.1) is 0 Å². The normalized spacial score (nSPS) is 17.6. The van der Waals surface area contributed by atoms with Crippen molar-refractivity contribution in [2.24, 2.45) is 0 Å². The fourth-order valence-corrected chi connectivity index (χ4v) is 3.24. The van der Waals surface area contributed by atoms with Crippen molar-refractivity contribution in [3.05, 3.63) is 59.5 Å². The predicted molar refractivity (Wildman–Crippen MR) is 90.9 cm³/mol. The third-order valence-electron chi connectivity index (χ3n) is 4.48. The summed E-state index contributed by atoms with van der Waals surface area (Å²) in [6.45, 7) is 0.842. The lowest BCUT2D eigenvalue weighted by molar-refractivity contribution is -0.138. The number of amides is 2. The lowest BCUT2D eigenvalue weighted by Gasteiger charge is -2.32. The van der Waals surface area contributed by atoms with E-state index in [1.165, 1.54) is 24.5 Å². The van der Waals surface area contributed by atoms with Crippen LogP contribution < -0.4 is 5.32 Å². The van der Waals surface area contributed by atoms with E-state index in [9.17, 15) is 22.8 Å². The second-order valence-electron chi connectivity index (χ2n) is 6.47. The molecule has 2 heterocycles. The Labute approximate surface area is 154 Å². The Morgan fingerprint density at radius 1 is 1.19 bits per heavy atom. The summed E-state index contributed by atoms with van der Waals surface area (Å²) in [5.41, 5.74) is -0.875. The summed E-state index contributed by atoms with van der Waals surface area (Å²) < 4.78 is 44.2. The van der Waals surface area contributed by atoms with Crippen LogP contribution in [0, 0.1) is 0 Å². The molecule has 0 saturated carbocycles. The van der Waals surface area contributed by atoms with Crippen LogP contribution >= 0.6 is 0 Å². The van der Waals surface area contributed by atoms with Gasteiger partial charge in [0.05, 0.1) is 18.2 Å². The largest absolute Gasteiger partial charge is 0.459 e. The maximum Gasteiger partial charge on any atom is 0.416 e. The molecule has 1 unspecified atom stereocenters. The highest BCUT2D eigenvalue weighted by atomic mass is 19.4. The molecule has 2 aromatic rings. The topological polar surface area (TPSA) is 62.6 Å². The summed E-state index contributed by atoms with van der Waals surface area (Å²) >= 11 is 0. The minimum absolute atomic E-state index is 0.0678. The number of furan rings is 1. The Balaban J connectivity index is 1.61. The molecule has 0 radical (unpaired) electrons. The van der Waals surface area contributed by atoms with Gasteiger partial charge in [-0.2, -0.15) is 13.2 Å². The number of carbonyl (C=O) groups excluding carboxylic acids is 2. The zero-order valence-electron chi connectivity index (χ0n) is 14.5. The van der Waals surface area contributed by atoms with Gasteiger partial charge in [-0.25, -0.2) is 0 Å². The van der Waals surface area contributed by atoms with E-state index in [1.807, 2.05) is 0 Å². The number of nitrogens with zero attached hydrogens (tertiary/aromatic N) is 1. The molecular formula is C19H19F3N2O3. The van der Waals surface area contributed by atoms with Gasteiger partial charge in [0.25, 0.3) is 5.91 Å². The van der Waals surface area contributed by atoms with Crippen LogP contribution in [0.5, 0.6) is 0 Å². The molecule has 1 fully saturated rings. The Morgan fingerprint density at radius 2 is 1.96 bits per heavy atom. The second-order valence-corrected chi connectivity index (χ2v) is 6.47. The van der Waals surface area contributed by atoms with Crippen molar-refractivity contribution in [1.82, 2.24) is 10.2 Å². The van der Waals surface area contributed by atoms with Gasteiger partial charge >= 0.3 is 6.18 Å². The molecule has 27 heavy (non-hydrogen) atoms. The standard InChI is InChI=1S/C19H19F3N2O3/c20-19(21,22)15-7-2-1-5-13(15)11-17(25)23-14-6-3-9-24(12-14)18(26)16-8-4-10-27-16/h1-2,4-5,7-8,10,14H,3,6,9,11-12H2,(H,23,25). The molecule has 1 aromatic heterocycles. The third kappa shape index (κ3) is 4.69. The average Bonchev–Trinajstić information content (AvgIpc) is 3.15. The molecule has 144 valence electrons. The molecule has 0 spiro atoms. The first-order chi connectivity index (χ1) is 12.8. The summed E-state index contributed by atoms with van der Waals surface area (Å²) in [4.78, 5) is 26.2. The van der Waals surface area contributed by atoms with E-state index in [1.54, 1.807) is 17.0 Å². The first-order valence-electron chi connectivity index (χ1n) is 8.62. The van der Waals surface area contributed by atoms with Crippen molar-refractivity contribution in [2.75, 3.05) is 13.1 Å². The Kier molecular flexibility index (Phi) is 5.53. The number of nitrogens with one attached hydrogen (secondary N) is 1. The molecule has 1 aliphatic heterocycles. The van der Waals surface area contributed by atoms with Gasteiger partial charge in [0.2, 0.25) is 5.91 Å². The number of rotatable bonds is 4. The molecule has 1 saturated heterocycles. The summed E-state index contributed by atoms with van der Waals surface area (Å²) in [6.07, 6.45) is -2.11. The molecule has 1 N–H and O–H groups in total. The number of hydrogen-bond donors (Lipinski definition) is 1. The molecule has 0 bridgehead atoms. The highest BCUT2D eigenvalue weighted by molar-refractivity contribution is 5.91. The van der Waals surface area contributed by atoms with E-state index in [-0.39, 0.29) is 29.7 Å². The smallest absolute Gasteiger partial charge is 0.416 e. The van der Waals surface area contributed by atoms with E-state index in [4.69, 9.17) is 4.42 Å². The van der Waals surface area contributed by atoms with Crippen LogP contribution in [-0.4, -0.2) is 35.8 Å². The molecule has 1 atom stereocenters. The molecular weight excluding hydrogens is 361 g/mol. The van der Waals surface area contributed by atoms with E-state index >= 15 is 0 Å². The van der Waals surface area contributed by atoms with Gasteiger partial charge in [-0.3, -0.25) is 9.59 Å². The lowest BCUT2D eigenvalue weighted by Crippen LogP contribution is -2.49. The third-order valence-corrected chi connectivity index (χ3v) is 4.48. The van der Waals surface area contributed by atoms with Crippen LogP contribution in [-0.2, 0) is 17.4 Å². The van der Waals surface area contributed by atoms with Crippen molar-refractivity contribution >= 4 is 11.8 Å². The summed E-state index contributed by atoms with van der Waals surface area (Å²) in [5.74, 6) is -0.536. The van der Waals surface area contributed by atoms with Crippen molar-refractivity contribution in [3.8, 4) is 0 Å². The Hall–Kier alpha value is -2.77. The maximum absolute atomic E-state index is 13.0. The maximum atomic E-state index is 13.0. The van der Waals surface area contributed by atoms with E-state index < -0.39 is 17.6 Å². The van der Waals surface area contributed by atoms with E-state index in [0.717, 1.165) is 6.07 Å². The van der Waals surface area contributed by atoms with Crippen LogP contribution in [0.25, 0.3) is 0 Å². The summed E-state index contributed by atoms with van der Waals surface area (Å²) in [6, 6.07) is 7.92. The number of alkyl halides is 3. The number of piperidine rings is 1. The quantitative estimate of drug-likeness (QED) is 0.886. The van der Waals surface area contributed by atoms with Gasteiger partial charge in [0.15, 0.2) is 5.76 Å². The Bertz CT molecular complexity index is 803. The summed E-state index contributed by atoms with van der Waals surface area (Å²) in [7, 11) is 0. The van der Waals surface area contributed by atoms with Crippen LogP contribution in [0.1, 0.15) is 34.5 Å². The van der Waals surface area contributed by atoms with E-state index in [2.05, 4.69) is 5.32 Å². The zero-order chi connectivity index (χ0) is 19.4. The Morgan fingerprint density at radius 3 is 2.67 bits per heavy atom. The SMILES string of the molecule is O=C(Cc1ccccc1C(F)(F)F)NC1CCCN(C(=O)c2ccco2)C1. The van der Waals surface area contributed by atoms with Gasteiger partial charge in [0, 0.05) is 19.1 Å². The highest BCUT2D eigenvalue weighted by Crippen LogP contribution is 2.32. The van der Waals surface area contributed by atoms with Crippen LogP contribution in [0.3, 0.4) is 0 Å². The lowest BCUT2D eigenvalue weighted by atomic mass is 10.0. The predicted octanol–water partition coefficient (Wildman–Crippen LogP) is 3.26. The van der Waals surface area contributed by atoms with Crippen LogP contribution in [0.2, 0.25) is 0 Å². The zero-order valence-corrected chi connectivity index (χ0v) is 14.5. The number of halogens is 3. The minimum Gasteiger partial charge on any atom is -0.459 e. The van der Waals surface area contributed by atoms with Gasteiger partial charge in [0.1, 0.15) is 0 Å². The monoisotopic (exact) mass is 380 g/mol. The van der Waals surface area contributed by atoms with Gasteiger partial charge in [-0.05, 0) is 36.6 Å². The number of likely N-dealkylation sites (tertiary alicyclic amines) is 1. The first kappa shape index (κ1) is 19.0. The average molecular weight is 380 g/mol. The number of benzene rings is 1.